The van der Waals surface area contributed by atoms with Crippen molar-refractivity contribution in [3.05, 3.63) is 0 Å². The van der Waals surface area contributed by atoms with E-state index in [-0.39, 0.29) is 4.75 Å². The Morgan fingerprint density at radius 3 is 1.78 bits per heavy atom. The molecule has 0 saturated carbocycles. The van der Waals surface area contributed by atoms with Crippen LogP contribution in [0.15, 0.2) is 0 Å². The highest BCUT2D eigenvalue weighted by Crippen LogP contribution is 2.64. The second-order valence-electron chi connectivity index (χ2n) is 2.95. The molecule has 0 rings (SSSR count). The minimum atomic E-state index is -2.40. The van der Waals surface area contributed by atoms with E-state index in [1.54, 1.807) is 6.66 Å². The van der Waals surface area contributed by atoms with Crippen LogP contribution in [0.3, 0.4) is 0 Å². The van der Waals surface area contributed by atoms with Gasteiger partial charge in [0, 0.05) is 11.4 Å². The van der Waals surface area contributed by atoms with E-state index in [9.17, 15) is 4.57 Å². The normalized spacial score (nSPS) is 19.2. The molecule has 1 unspecified atom stereocenters. The van der Waals surface area contributed by atoms with E-state index in [1.165, 1.54) is 11.4 Å². The van der Waals surface area contributed by atoms with Crippen molar-refractivity contribution in [3.63, 3.8) is 0 Å². The highest BCUT2D eigenvalue weighted by Gasteiger charge is 2.21. The summed E-state index contributed by atoms with van der Waals surface area (Å²) in [6.45, 7) is 7.56. The van der Waals surface area contributed by atoms with Crippen LogP contribution >= 0.6 is 28.3 Å². The summed E-state index contributed by atoms with van der Waals surface area (Å²) in [5.41, 5.74) is -2.40. The van der Waals surface area contributed by atoms with Crippen molar-refractivity contribution in [1.82, 2.24) is 0 Å². The van der Waals surface area contributed by atoms with E-state index >= 15 is 0 Å². The molecule has 0 bridgehead atoms. The molecular formula is C5H12ClOPS. The maximum absolute atomic E-state index is 11.0. The minimum Gasteiger partial charge on any atom is -0.295 e. The van der Waals surface area contributed by atoms with E-state index in [4.69, 9.17) is 11.2 Å². The lowest BCUT2D eigenvalue weighted by molar-refractivity contribution is 0.596. The lowest BCUT2D eigenvalue weighted by Crippen LogP contribution is -2.04. The van der Waals surface area contributed by atoms with Crippen molar-refractivity contribution in [3.8, 4) is 0 Å². The lowest BCUT2D eigenvalue weighted by Gasteiger charge is -2.18. The van der Waals surface area contributed by atoms with Crippen LogP contribution in [0, 0.1) is 0 Å². The third-order valence-electron chi connectivity index (χ3n) is 0.437. The van der Waals surface area contributed by atoms with Gasteiger partial charge in [-0.25, -0.2) is 0 Å². The fraction of sp³-hybridized carbons (Fsp3) is 1.00. The molecule has 0 fully saturated rings. The van der Waals surface area contributed by atoms with Crippen LogP contribution in [0.25, 0.3) is 0 Å². The first kappa shape index (κ1) is 9.87. The highest BCUT2D eigenvalue weighted by atomic mass is 35.7. The Labute approximate surface area is 65.5 Å². The average Bonchev–Trinajstić information content (AvgIpc) is 1.14. The molecule has 4 heteroatoms. The van der Waals surface area contributed by atoms with Crippen LogP contribution in [-0.2, 0) is 4.57 Å². The smallest absolute Gasteiger partial charge is 0.219 e. The summed E-state index contributed by atoms with van der Waals surface area (Å²) < 4.78 is 11.0. The summed E-state index contributed by atoms with van der Waals surface area (Å²) in [4.78, 5) is 0. The van der Waals surface area contributed by atoms with Crippen molar-refractivity contribution in [2.75, 3.05) is 6.66 Å². The molecule has 9 heavy (non-hydrogen) atoms. The van der Waals surface area contributed by atoms with Crippen molar-refractivity contribution in [2.45, 2.75) is 25.5 Å². The van der Waals surface area contributed by atoms with Gasteiger partial charge in [0.2, 0.25) is 5.70 Å². The first-order chi connectivity index (χ1) is 3.71. The van der Waals surface area contributed by atoms with E-state index in [1.807, 2.05) is 20.8 Å². The third kappa shape index (κ3) is 8.87. The van der Waals surface area contributed by atoms with Crippen molar-refractivity contribution in [2.24, 2.45) is 0 Å². The molecule has 0 aliphatic rings. The molecule has 0 aliphatic carbocycles. The topological polar surface area (TPSA) is 17.1 Å². The zero-order valence-electron chi connectivity index (χ0n) is 6.14. The van der Waals surface area contributed by atoms with Gasteiger partial charge in [-0.2, -0.15) is 0 Å². The zero-order valence-corrected chi connectivity index (χ0v) is 8.61. The molecule has 0 aromatic heterocycles. The van der Waals surface area contributed by atoms with Gasteiger partial charge in [-0.1, -0.05) is 32.2 Å². The third-order valence-corrected chi connectivity index (χ3v) is 4.55. The Morgan fingerprint density at radius 2 is 1.78 bits per heavy atom. The Balaban J connectivity index is 3.90. The van der Waals surface area contributed by atoms with Crippen molar-refractivity contribution >= 4 is 28.3 Å². The number of rotatable bonds is 1. The summed E-state index contributed by atoms with van der Waals surface area (Å²) in [5.74, 6) is 0. The summed E-state index contributed by atoms with van der Waals surface area (Å²) in [6, 6.07) is 0. The summed E-state index contributed by atoms with van der Waals surface area (Å²) in [7, 11) is 0. The maximum Gasteiger partial charge on any atom is 0.219 e. The molecule has 1 atom stereocenters. The van der Waals surface area contributed by atoms with Gasteiger partial charge in [0.15, 0.2) is 0 Å². The molecule has 0 saturated heterocycles. The highest BCUT2D eigenvalue weighted by molar-refractivity contribution is 8.65. The Kier molecular flexibility index (Phi) is 3.13. The van der Waals surface area contributed by atoms with Crippen LogP contribution in [0.1, 0.15) is 20.8 Å². The molecule has 0 amide bonds. The van der Waals surface area contributed by atoms with Gasteiger partial charge < -0.3 is 0 Å². The van der Waals surface area contributed by atoms with Gasteiger partial charge in [-0.3, -0.25) is 4.57 Å². The molecular weight excluding hydrogens is 175 g/mol. The van der Waals surface area contributed by atoms with Crippen LogP contribution in [0.2, 0.25) is 0 Å². The molecule has 0 aromatic carbocycles. The van der Waals surface area contributed by atoms with Gasteiger partial charge in [0.05, 0.1) is 0 Å². The minimum absolute atomic E-state index is 0.00598. The summed E-state index contributed by atoms with van der Waals surface area (Å²) in [6.07, 6.45) is 0. The van der Waals surface area contributed by atoms with Crippen molar-refractivity contribution in [1.29, 1.82) is 0 Å². The molecule has 1 nitrogen and oxygen atoms in total. The monoisotopic (exact) mass is 186 g/mol. The van der Waals surface area contributed by atoms with Gasteiger partial charge in [-0.05, 0) is 11.2 Å². The standard InChI is InChI=1S/C5H12ClOPS/c1-5(2,3)9-8(4,6)7/h1-4H3. The summed E-state index contributed by atoms with van der Waals surface area (Å²) in [5, 5.41) is 0. The largest absolute Gasteiger partial charge is 0.295 e. The van der Waals surface area contributed by atoms with E-state index in [0.29, 0.717) is 0 Å². The van der Waals surface area contributed by atoms with E-state index in [0.717, 1.165) is 0 Å². The number of hydrogen-bond donors (Lipinski definition) is 0. The molecule has 0 radical (unpaired) electrons. The quantitative estimate of drug-likeness (QED) is 0.583. The fourth-order valence-electron chi connectivity index (χ4n) is 0.489. The van der Waals surface area contributed by atoms with Crippen LogP contribution in [0.5, 0.6) is 0 Å². The Bertz CT molecular complexity index is 134. The van der Waals surface area contributed by atoms with E-state index < -0.39 is 5.70 Å². The fourth-order valence-corrected chi connectivity index (χ4v) is 6.27. The van der Waals surface area contributed by atoms with Crippen LogP contribution in [0.4, 0.5) is 0 Å². The van der Waals surface area contributed by atoms with Gasteiger partial charge >= 0.3 is 0 Å². The lowest BCUT2D eigenvalue weighted by atomic mass is 10.3. The van der Waals surface area contributed by atoms with Gasteiger partial charge in [-0.15, -0.1) is 0 Å². The molecule has 56 valence electrons. The Morgan fingerprint density at radius 1 is 1.44 bits per heavy atom. The SMILES string of the molecule is CC(C)(C)SP(C)(=O)Cl. The van der Waals surface area contributed by atoms with Crippen molar-refractivity contribution < 1.29 is 4.57 Å². The molecule has 0 N–H and O–H groups in total. The zero-order chi connectivity index (χ0) is 7.71. The van der Waals surface area contributed by atoms with Crippen LogP contribution < -0.4 is 0 Å². The first-order valence-corrected chi connectivity index (χ1v) is 7.17. The average molecular weight is 187 g/mol. The van der Waals surface area contributed by atoms with E-state index in [2.05, 4.69) is 0 Å². The maximum atomic E-state index is 11.0. The number of halogens is 1. The van der Waals surface area contributed by atoms with Gasteiger partial charge in [0.1, 0.15) is 0 Å². The van der Waals surface area contributed by atoms with Crippen LogP contribution in [-0.4, -0.2) is 11.4 Å². The first-order valence-electron chi connectivity index (χ1n) is 2.69. The molecule has 0 spiro atoms. The molecule has 0 heterocycles. The predicted octanol–water partition coefficient (Wildman–Crippen LogP) is 3.58. The summed E-state index contributed by atoms with van der Waals surface area (Å²) >= 11 is 6.87. The number of hydrogen-bond acceptors (Lipinski definition) is 2. The Hall–Kier alpha value is 0.870. The molecule has 0 aliphatic heterocycles. The predicted molar refractivity (Wildman–Crippen MR) is 46.7 cm³/mol. The van der Waals surface area contributed by atoms with Gasteiger partial charge in [0.25, 0.3) is 0 Å². The second kappa shape index (κ2) is 2.86. The second-order valence-corrected chi connectivity index (χ2v) is 11.0. The molecule has 0 aromatic rings.